The molecule has 4 nitrogen and oxygen atoms in total. The second-order valence-corrected chi connectivity index (χ2v) is 4.95. The molecule has 0 radical (unpaired) electrons. The fourth-order valence-corrected chi connectivity index (χ4v) is 2.28. The van der Waals surface area contributed by atoms with Gasteiger partial charge in [0.25, 0.3) is 0 Å². The molecule has 0 bridgehead atoms. The average Bonchev–Trinajstić information content (AvgIpc) is 2.83. The highest BCUT2D eigenvalue weighted by molar-refractivity contribution is 5.54. The van der Waals surface area contributed by atoms with E-state index in [4.69, 9.17) is 5.73 Å². The minimum Gasteiger partial charge on any atom is -0.370 e. The summed E-state index contributed by atoms with van der Waals surface area (Å²) in [5, 5.41) is 4.20. The number of hydrogen-bond donors (Lipinski definition) is 1. The highest BCUT2D eigenvalue weighted by atomic mass is 15.2. The van der Waals surface area contributed by atoms with Crippen LogP contribution < -0.4 is 10.6 Å². The predicted molar refractivity (Wildman–Crippen MR) is 79.0 cm³/mol. The SMILES string of the molecule is CC[C@H](N)c1ccccc1N(C)Cc1cnn(C)c1. The number of aryl methyl sites for hydroxylation is 1. The summed E-state index contributed by atoms with van der Waals surface area (Å²) in [5.74, 6) is 0. The van der Waals surface area contributed by atoms with Crippen molar-refractivity contribution in [2.45, 2.75) is 25.9 Å². The summed E-state index contributed by atoms with van der Waals surface area (Å²) in [6, 6.07) is 8.44. The maximum atomic E-state index is 6.19. The van der Waals surface area contributed by atoms with Crippen molar-refractivity contribution < 1.29 is 0 Å². The summed E-state index contributed by atoms with van der Waals surface area (Å²) in [6.07, 6.45) is 4.88. The summed E-state index contributed by atoms with van der Waals surface area (Å²) in [4.78, 5) is 2.22. The van der Waals surface area contributed by atoms with E-state index < -0.39 is 0 Å². The molecule has 0 saturated carbocycles. The van der Waals surface area contributed by atoms with Crippen LogP contribution in [0.15, 0.2) is 36.7 Å². The molecular formula is C15H22N4. The van der Waals surface area contributed by atoms with E-state index in [0.29, 0.717) is 0 Å². The monoisotopic (exact) mass is 258 g/mol. The molecule has 0 aliphatic carbocycles. The van der Waals surface area contributed by atoms with Gasteiger partial charge in [-0.05, 0) is 18.1 Å². The van der Waals surface area contributed by atoms with Gasteiger partial charge in [0.1, 0.15) is 0 Å². The van der Waals surface area contributed by atoms with Gasteiger partial charge in [0, 0.05) is 44.1 Å². The fraction of sp³-hybridized carbons (Fsp3) is 0.400. The Kier molecular flexibility index (Phi) is 4.22. The molecule has 2 aromatic rings. The zero-order valence-electron chi connectivity index (χ0n) is 11.9. The number of nitrogens with zero attached hydrogens (tertiary/aromatic N) is 3. The first-order chi connectivity index (χ1) is 9.11. The standard InChI is InChI=1S/C15H22N4/c1-4-14(16)13-7-5-6-8-15(13)18(2)10-12-9-17-19(3)11-12/h5-9,11,14H,4,10,16H2,1-3H3/t14-/m0/s1. The van der Waals surface area contributed by atoms with Crippen molar-refractivity contribution in [2.75, 3.05) is 11.9 Å². The summed E-state index contributed by atoms with van der Waals surface area (Å²) >= 11 is 0. The molecule has 2 rings (SSSR count). The Hall–Kier alpha value is -1.81. The average molecular weight is 258 g/mol. The lowest BCUT2D eigenvalue weighted by molar-refractivity contribution is 0.694. The van der Waals surface area contributed by atoms with Crippen LogP contribution in [-0.4, -0.2) is 16.8 Å². The first-order valence-electron chi connectivity index (χ1n) is 6.65. The quantitative estimate of drug-likeness (QED) is 0.896. The zero-order valence-corrected chi connectivity index (χ0v) is 11.9. The molecule has 4 heteroatoms. The highest BCUT2D eigenvalue weighted by Gasteiger charge is 2.12. The molecule has 102 valence electrons. The smallest absolute Gasteiger partial charge is 0.0539 e. The number of nitrogens with two attached hydrogens (primary N) is 1. The summed E-state index contributed by atoms with van der Waals surface area (Å²) in [7, 11) is 4.03. The Morgan fingerprint density at radius 2 is 2.11 bits per heavy atom. The van der Waals surface area contributed by atoms with Crippen LogP contribution in [0.3, 0.4) is 0 Å². The lowest BCUT2D eigenvalue weighted by atomic mass is 10.0. The molecule has 1 atom stereocenters. The number of hydrogen-bond acceptors (Lipinski definition) is 3. The van der Waals surface area contributed by atoms with E-state index in [-0.39, 0.29) is 6.04 Å². The van der Waals surface area contributed by atoms with Crippen LogP contribution in [0.2, 0.25) is 0 Å². The largest absolute Gasteiger partial charge is 0.370 e. The van der Waals surface area contributed by atoms with Crippen molar-refractivity contribution >= 4 is 5.69 Å². The molecule has 0 aliphatic heterocycles. The van der Waals surface area contributed by atoms with Gasteiger partial charge in [0.2, 0.25) is 0 Å². The molecule has 2 N–H and O–H groups in total. The van der Waals surface area contributed by atoms with E-state index >= 15 is 0 Å². The number of anilines is 1. The van der Waals surface area contributed by atoms with Crippen LogP contribution in [-0.2, 0) is 13.6 Å². The molecule has 1 aromatic carbocycles. The van der Waals surface area contributed by atoms with Crippen molar-refractivity contribution in [3.8, 4) is 0 Å². The minimum absolute atomic E-state index is 0.0903. The lowest BCUT2D eigenvalue weighted by Crippen LogP contribution is -2.20. The summed E-state index contributed by atoms with van der Waals surface area (Å²) in [6.45, 7) is 2.95. The Balaban J connectivity index is 2.21. The number of para-hydroxylation sites is 1. The Morgan fingerprint density at radius 3 is 2.74 bits per heavy atom. The molecule has 0 aliphatic rings. The van der Waals surface area contributed by atoms with Gasteiger partial charge in [-0.1, -0.05) is 25.1 Å². The number of rotatable bonds is 5. The summed E-state index contributed by atoms with van der Waals surface area (Å²) < 4.78 is 1.83. The Labute approximate surface area is 114 Å². The van der Waals surface area contributed by atoms with Gasteiger partial charge in [-0.15, -0.1) is 0 Å². The van der Waals surface area contributed by atoms with Gasteiger partial charge in [0.15, 0.2) is 0 Å². The summed E-state index contributed by atoms with van der Waals surface area (Å²) in [5.41, 5.74) is 9.79. The van der Waals surface area contributed by atoms with Gasteiger partial charge >= 0.3 is 0 Å². The van der Waals surface area contributed by atoms with E-state index in [9.17, 15) is 0 Å². The minimum atomic E-state index is 0.0903. The van der Waals surface area contributed by atoms with E-state index in [1.165, 1.54) is 16.8 Å². The molecule has 0 saturated heterocycles. The molecule has 19 heavy (non-hydrogen) atoms. The topological polar surface area (TPSA) is 47.1 Å². The molecule has 1 heterocycles. The van der Waals surface area contributed by atoms with Crippen molar-refractivity contribution in [2.24, 2.45) is 12.8 Å². The predicted octanol–water partition coefficient (Wildman–Crippen LogP) is 2.47. The lowest BCUT2D eigenvalue weighted by Gasteiger charge is -2.24. The third kappa shape index (κ3) is 3.15. The van der Waals surface area contributed by atoms with Gasteiger partial charge in [-0.2, -0.15) is 5.10 Å². The molecule has 0 fully saturated rings. The normalized spacial score (nSPS) is 12.4. The van der Waals surface area contributed by atoms with Crippen molar-refractivity contribution in [1.82, 2.24) is 9.78 Å². The van der Waals surface area contributed by atoms with Crippen molar-refractivity contribution in [3.63, 3.8) is 0 Å². The van der Waals surface area contributed by atoms with Crippen molar-refractivity contribution in [1.29, 1.82) is 0 Å². The third-order valence-electron chi connectivity index (χ3n) is 3.37. The maximum absolute atomic E-state index is 6.19. The number of benzene rings is 1. The fourth-order valence-electron chi connectivity index (χ4n) is 2.28. The van der Waals surface area contributed by atoms with Crippen LogP contribution in [0, 0.1) is 0 Å². The molecule has 0 amide bonds. The highest BCUT2D eigenvalue weighted by Crippen LogP contribution is 2.26. The maximum Gasteiger partial charge on any atom is 0.0539 e. The second-order valence-electron chi connectivity index (χ2n) is 4.95. The van der Waals surface area contributed by atoms with Gasteiger partial charge in [-0.3, -0.25) is 4.68 Å². The third-order valence-corrected chi connectivity index (χ3v) is 3.37. The van der Waals surface area contributed by atoms with Crippen LogP contribution in [0.1, 0.15) is 30.5 Å². The van der Waals surface area contributed by atoms with E-state index in [2.05, 4.69) is 42.2 Å². The molecule has 0 spiro atoms. The van der Waals surface area contributed by atoms with E-state index in [1.54, 1.807) is 0 Å². The first kappa shape index (κ1) is 13.6. The Bertz CT molecular complexity index is 532. The van der Waals surface area contributed by atoms with Crippen LogP contribution in [0.5, 0.6) is 0 Å². The molecular weight excluding hydrogens is 236 g/mol. The molecule has 0 unspecified atom stereocenters. The molecule has 1 aromatic heterocycles. The number of aromatic nitrogens is 2. The van der Waals surface area contributed by atoms with Crippen LogP contribution in [0.4, 0.5) is 5.69 Å². The van der Waals surface area contributed by atoms with E-state index in [0.717, 1.165) is 13.0 Å². The first-order valence-corrected chi connectivity index (χ1v) is 6.65. The Morgan fingerprint density at radius 1 is 1.37 bits per heavy atom. The van der Waals surface area contributed by atoms with E-state index in [1.807, 2.05) is 30.2 Å². The van der Waals surface area contributed by atoms with Gasteiger partial charge < -0.3 is 10.6 Å². The second kappa shape index (κ2) is 5.89. The van der Waals surface area contributed by atoms with Crippen LogP contribution >= 0.6 is 0 Å². The van der Waals surface area contributed by atoms with Crippen LogP contribution in [0.25, 0.3) is 0 Å². The van der Waals surface area contributed by atoms with Gasteiger partial charge in [-0.25, -0.2) is 0 Å². The van der Waals surface area contributed by atoms with Crippen molar-refractivity contribution in [3.05, 3.63) is 47.8 Å². The van der Waals surface area contributed by atoms with Gasteiger partial charge in [0.05, 0.1) is 6.20 Å². The zero-order chi connectivity index (χ0) is 13.8.